The summed E-state index contributed by atoms with van der Waals surface area (Å²) < 4.78 is 28.6. The molecule has 41 heavy (non-hydrogen) atoms. The minimum Gasteiger partial charge on any atom is -0.471 e. The molecule has 13 heteroatoms. The number of carbonyl (C=O) groups is 2. The first-order valence-corrected chi connectivity index (χ1v) is 13.8. The lowest BCUT2D eigenvalue weighted by atomic mass is 9.77. The minimum atomic E-state index is -1.66. The number of hydrogen-bond acceptors (Lipinski definition) is 12. The molecule has 3 saturated heterocycles. The van der Waals surface area contributed by atoms with E-state index in [0.717, 1.165) is 22.2 Å². The number of carbonyl (C=O) groups excluding carboxylic acids is 2. The maximum atomic E-state index is 13.5. The molecule has 0 aliphatic carbocycles. The van der Waals surface area contributed by atoms with E-state index in [1.54, 1.807) is 0 Å². The predicted octanol–water partition coefficient (Wildman–Crippen LogP) is -0.773. The van der Waals surface area contributed by atoms with Crippen molar-refractivity contribution in [1.82, 2.24) is 9.88 Å². The predicted molar refractivity (Wildman–Crippen MR) is 137 cm³/mol. The van der Waals surface area contributed by atoms with Crippen molar-refractivity contribution in [2.75, 3.05) is 20.3 Å². The van der Waals surface area contributed by atoms with Crippen molar-refractivity contribution in [3.8, 4) is 0 Å². The number of aliphatic hydroxyl groups excluding tert-OH is 4. The Morgan fingerprint density at radius 2 is 1.93 bits per heavy atom. The van der Waals surface area contributed by atoms with Crippen LogP contribution in [-0.4, -0.2) is 112 Å². The summed E-state index contributed by atoms with van der Waals surface area (Å²) >= 11 is 0. The van der Waals surface area contributed by atoms with Crippen LogP contribution in [0.1, 0.15) is 23.7 Å². The normalized spacial score (nSPS) is 40.0. The van der Waals surface area contributed by atoms with Crippen molar-refractivity contribution in [1.29, 1.82) is 0 Å². The SMILES string of the molecule is COC(=O)C1=COC(OC2OC(CO)C(O)C(O)C2O)C2C3CN4C(Cc5c([nH]c6ccccc56)C4CC12)C(=O)O3. The van der Waals surface area contributed by atoms with Gasteiger partial charge in [0.15, 0.2) is 6.29 Å². The first kappa shape index (κ1) is 26.8. The van der Waals surface area contributed by atoms with Gasteiger partial charge in [0.25, 0.3) is 0 Å². The standard InChI is InChI=1S/C28H32N2O11/c1-37-25(35)14-10-38-27(41-28-24(34)23(33)22(32)19(9-31)40-28)20-12(14)6-16-21-13(11-4-2-3-5-15(11)29-21)7-17-26(36)39-18(20)8-30(16)17/h2-5,10,12,16-20,22-24,27-29,31-34H,6-9H2,1H3. The van der Waals surface area contributed by atoms with E-state index in [2.05, 4.69) is 9.88 Å². The summed E-state index contributed by atoms with van der Waals surface area (Å²) in [4.78, 5) is 32.1. The van der Waals surface area contributed by atoms with Gasteiger partial charge < -0.3 is 49.1 Å². The third-order valence-electron chi connectivity index (χ3n) is 9.26. The summed E-state index contributed by atoms with van der Waals surface area (Å²) in [6.07, 6.45) is -7.30. The summed E-state index contributed by atoms with van der Waals surface area (Å²) in [6.45, 7) is -0.275. The third kappa shape index (κ3) is 4.10. The second kappa shape index (κ2) is 10.1. The average molecular weight is 573 g/mol. The van der Waals surface area contributed by atoms with Gasteiger partial charge in [-0.3, -0.25) is 9.69 Å². The van der Waals surface area contributed by atoms with Crippen LogP contribution in [-0.2, 0) is 39.7 Å². The highest BCUT2D eigenvalue weighted by Crippen LogP contribution is 2.51. The molecular formula is C28H32N2O11. The first-order valence-electron chi connectivity index (χ1n) is 13.8. The number of fused-ring (bicyclic) bond motifs is 7. The van der Waals surface area contributed by atoms with Gasteiger partial charge >= 0.3 is 11.9 Å². The molecule has 5 aliphatic heterocycles. The third-order valence-corrected chi connectivity index (χ3v) is 9.26. The number of hydrogen-bond donors (Lipinski definition) is 5. The lowest BCUT2D eigenvalue weighted by molar-refractivity contribution is -0.345. The quantitative estimate of drug-likeness (QED) is 0.289. The molecule has 0 radical (unpaired) electrons. The molecule has 11 unspecified atom stereocenters. The Kier molecular flexibility index (Phi) is 6.58. The van der Waals surface area contributed by atoms with Gasteiger partial charge in [-0.25, -0.2) is 4.79 Å². The summed E-state index contributed by atoms with van der Waals surface area (Å²) in [6, 6.07) is 7.17. The number of aromatic amines is 1. The monoisotopic (exact) mass is 572 g/mol. The first-order chi connectivity index (χ1) is 19.8. The largest absolute Gasteiger partial charge is 0.471 e. The van der Waals surface area contributed by atoms with Gasteiger partial charge in [0, 0.05) is 35.5 Å². The van der Waals surface area contributed by atoms with Crippen molar-refractivity contribution in [3.63, 3.8) is 0 Å². The van der Waals surface area contributed by atoms with E-state index in [-0.39, 0.29) is 17.6 Å². The number of para-hydroxylation sites is 1. The Balaban J connectivity index is 1.28. The molecule has 0 amide bonds. The van der Waals surface area contributed by atoms with Crippen molar-refractivity contribution in [2.45, 2.75) is 68.0 Å². The van der Waals surface area contributed by atoms with Gasteiger partial charge in [-0.15, -0.1) is 0 Å². The van der Waals surface area contributed by atoms with Crippen molar-refractivity contribution < 1.29 is 53.7 Å². The molecule has 6 heterocycles. The van der Waals surface area contributed by atoms with Gasteiger partial charge in [-0.1, -0.05) is 18.2 Å². The number of nitrogens with zero attached hydrogens (tertiary/aromatic N) is 1. The Hall–Kier alpha value is -3.04. The molecule has 2 aromatic rings. The zero-order chi connectivity index (χ0) is 28.6. The molecule has 3 fully saturated rings. The van der Waals surface area contributed by atoms with Crippen LogP contribution in [0.5, 0.6) is 0 Å². The number of ether oxygens (including phenoxy) is 5. The molecule has 2 bridgehead atoms. The second-order valence-electron chi connectivity index (χ2n) is 11.3. The number of benzene rings is 1. The molecule has 11 atom stereocenters. The van der Waals surface area contributed by atoms with Crippen molar-refractivity contribution in [3.05, 3.63) is 47.4 Å². The fraction of sp³-hybridized carbons (Fsp3) is 0.571. The molecular weight excluding hydrogens is 540 g/mol. The number of aromatic nitrogens is 1. The number of aliphatic hydroxyl groups is 4. The maximum absolute atomic E-state index is 13.5. The topological polar surface area (TPSA) is 180 Å². The van der Waals surface area contributed by atoms with Gasteiger partial charge in [-0.2, -0.15) is 0 Å². The van der Waals surface area contributed by atoms with E-state index in [4.69, 9.17) is 23.7 Å². The molecule has 5 N–H and O–H groups in total. The molecule has 1 aromatic carbocycles. The molecule has 1 aromatic heterocycles. The molecule has 220 valence electrons. The summed E-state index contributed by atoms with van der Waals surface area (Å²) in [5, 5.41) is 41.7. The lowest BCUT2D eigenvalue weighted by Gasteiger charge is -2.46. The summed E-state index contributed by atoms with van der Waals surface area (Å²) in [5.41, 5.74) is 3.25. The van der Waals surface area contributed by atoms with E-state index in [9.17, 15) is 30.0 Å². The van der Waals surface area contributed by atoms with Crippen LogP contribution >= 0.6 is 0 Å². The van der Waals surface area contributed by atoms with Gasteiger partial charge in [-0.05, 0) is 18.1 Å². The number of nitrogens with one attached hydrogen (secondary N) is 1. The Labute approximate surface area is 234 Å². The number of rotatable bonds is 4. The fourth-order valence-electron chi connectivity index (χ4n) is 7.25. The second-order valence-corrected chi connectivity index (χ2v) is 11.3. The van der Waals surface area contributed by atoms with Crippen LogP contribution in [0.2, 0.25) is 0 Å². The number of morpholine rings is 1. The van der Waals surface area contributed by atoms with Crippen LogP contribution in [0.15, 0.2) is 36.1 Å². The van der Waals surface area contributed by atoms with Gasteiger partial charge in [0.2, 0.25) is 6.29 Å². The number of methoxy groups -OCH3 is 1. The highest BCUT2D eigenvalue weighted by Gasteiger charge is 2.57. The maximum Gasteiger partial charge on any atom is 0.337 e. The average Bonchev–Trinajstić information content (AvgIpc) is 3.28. The molecule has 7 rings (SSSR count). The van der Waals surface area contributed by atoms with Crippen molar-refractivity contribution >= 4 is 22.8 Å². The van der Waals surface area contributed by atoms with Gasteiger partial charge in [0.05, 0.1) is 37.5 Å². The minimum absolute atomic E-state index is 0.249. The van der Waals surface area contributed by atoms with E-state index < -0.39 is 73.6 Å². The van der Waals surface area contributed by atoms with Crippen LogP contribution in [0.4, 0.5) is 0 Å². The van der Waals surface area contributed by atoms with Crippen LogP contribution in [0.3, 0.4) is 0 Å². The highest BCUT2D eigenvalue weighted by atomic mass is 16.8. The summed E-state index contributed by atoms with van der Waals surface area (Å²) in [5.74, 6) is -2.24. The lowest BCUT2D eigenvalue weighted by Crippen LogP contribution is -2.61. The molecule has 5 aliphatic rings. The zero-order valence-electron chi connectivity index (χ0n) is 22.2. The number of esters is 2. The smallest absolute Gasteiger partial charge is 0.337 e. The molecule has 13 nitrogen and oxygen atoms in total. The van der Waals surface area contributed by atoms with Gasteiger partial charge in [0.1, 0.15) is 36.6 Å². The van der Waals surface area contributed by atoms with E-state index in [1.807, 2.05) is 24.3 Å². The molecule has 0 spiro atoms. The van der Waals surface area contributed by atoms with E-state index in [0.29, 0.717) is 19.4 Å². The summed E-state index contributed by atoms with van der Waals surface area (Å²) in [7, 11) is 1.28. The van der Waals surface area contributed by atoms with Crippen LogP contribution in [0.25, 0.3) is 10.9 Å². The Morgan fingerprint density at radius 3 is 2.71 bits per heavy atom. The van der Waals surface area contributed by atoms with E-state index in [1.165, 1.54) is 13.4 Å². The Bertz CT molecular complexity index is 1390. The zero-order valence-corrected chi connectivity index (χ0v) is 22.2. The van der Waals surface area contributed by atoms with Crippen molar-refractivity contribution in [2.24, 2.45) is 11.8 Å². The fourth-order valence-corrected chi connectivity index (χ4v) is 7.25. The molecule has 0 saturated carbocycles. The van der Waals surface area contributed by atoms with Crippen LogP contribution < -0.4 is 0 Å². The highest BCUT2D eigenvalue weighted by molar-refractivity contribution is 5.89. The van der Waals surface area contributed by atoms with Crippen LogP contribution in [0, 0.1) is 11.8 Å². The van der Waals surface area contributed by atoms with E-state index >= 15 is 0 Å². The Morgan fingerprint density at radius 1 is 1.12 bits per heavy atom. The number of H-pyrrole nitrogens is 1.